The highest BCUT2D eigenvalue weighted by Crippen LogP contribution is 2.17. The van der Waals surface area contributed by atoms with Gasteiger partial charge in [-0.3, -0.25) is 4.79 Å². The molecule has 0 aliphatic heterocycles. The smallest absolute Gasteiger partial charge is 0.231 e. The van der Waals surface area contributed by atoms with Gasteiger partial charge < -0.3 is 0 Å². The van der Waals surface area contributed by atoms with Gasteiger partial charge in [-0.25, -0.2) is 0 Å². The molecule has 0 saturated heterocycles. The lowest BCUT2D eigenvalue weighted by molar-refractivity contribution is -0.109. The minimum absolute atomic E-state index is 0.247. The first-order valence-electron chi connectivity index (χ1n) is 3.12. The Morgan fingerprint density at radius 3 is 2.45 bits per heavy atom. The molecule has 0 saturated carbocycles. The molecule has 66 valence electrons. The van der Waals surface area contributed by atoms with E-state index in [1.54, 1.807) is 0 Å². The van der Waals surface area contributed by atoms with E-state index >= 15 is 0 Å². The third-order valence-electron chi connectivity index (χ3n) is 1.04. The second kappa shape index (κ2) is 7.53. The summed E-state index contributed by atoms with van der Waals surface area (Å²) in [6, 6.07) is 0. The predicted molar refractivity (Wildman–Crippen MR) is 53.2 cm³/mol. The molecule has 0 N–H and O–H groups in total. The normalized spacial score (nSPS) is 13.0. The Bertz CT molecular complexity index is 120. The van der Waals surface area contributed by atoms with Crippen molar-refractivity contribution in [2.24, 2.45) is 0 Å². The fourth-order valence-electron chi connectivity index (χ4n) is 0.510. The van der Waals surface area contributed by atoms with Crippen LogP contribution in [-0.4, -0.2) is 28.0 Å². The lowest BCUT2D eigenvalue weighted by Gasteiger charge is -2.08. The first kappa shape index (κ1) is 11.9. The van der Waals surface area contributed by atoms with E-state index in [1.807, 2.05) is 0 Å². The van der Waals surface area contributed by atoms with Gasteiger partial charge in [0, 0.05) is 17.0 Å². The van der Waals surface area contributed by atoms with Crippen LogP contribution in [0.25, 0.3) is 0 Å². The summed E-state index contributed by atoms with van der Waals surface area (Å²) in [5, 5.41) is -0.0865. The Morgan fingerprint density at radius 1 is 1.45 bits per heavy atom. The summed E-state index contributed by atoms with van der Waals surface area (Å²) < 4.78 is 0. The topological polar surface area (TPSA) is 17.1 Å². The number of hydrogen-bond donors (Lipinski definition) is 0. The number of thioether (sulfide) groups is 1. The van der Waals surface area contributed by atoms with Crippen molar-refractivity contribution in [2.45, 2.75) is 11.7 Å². The van der Waals surface area contributed by atoms with Gasteiger partial charge >= 0.3 is 0 Å². The molecule has 1 atom stereocenters. The summed E-state index contributed by atoms with van der Waals surface area (Å²) in [5.74, 6) is 1.40. The molecule has 0 aromatic rings. The van der Waals surface area contributed by atoms with Crippen molar-refractivity contribution >= 4 is 51.8 Å². The van der Waals surface area contributed by atoms with E-state index in [0.717, 1.165) is 6.42 Å². The Kier molecular flexibility index (Phi) is 8.14. The summed E-state index contributed by atoms with van der Waals surface area (Å²) in [7, 11) is 0. The fraction of sp³-hybridized carbons (Fsp3) is 0.833. The third-order valence-corrected chi connectivity index (χ3v) is 3.40. The number of halogens is 3. The van der Waals surface area contributed by atoms with Crippen LogP contribution in [0.3, 0.4) is 0 Å². The molecule has 1 unspecified atom stereocenters. The SMILES string of the molecule is O=C(Cl)CSC(CCl)CCCl. The molecule has 5 heteroatoms. The molecule has 0 amide bonds. The molecular formula is C6H9Cl3OS. The standard InChI is InChI=1S/C6H9Cl3OS/c7-2-1-5(3-8)11-4-6(9)10/h5H,1-4H2. The highest BCUT2D eigenvalue weighted by Gasteiger charge is 2.08. The second-order valence-corrected chi connectivity index (χ2v) is 4.32. The molecule has 0 aromatic carbocycles. The van der Waals surface area contributed by atoms with E-state index in [9.17, 15) is 4.79 Å². The molecule has 0 heterocycles. The van der Waals surface area contributed by atoms with Gasteiger partial charge in [-0.2, -0.15) is 0 Å². The van der Waals surface area contributed by atoms with Crippen LogP contribution in [0.1, 0.15) is 6.42 Å². The summed E-state index contributed by atoms with van der Waals surface area (Å²) in [4.78, 5) is 10.3. The van der Waals surface area contributed by atoms with Gasteiger partial charge in [0.15, 0.2) is 0 Å². The van der Waals surface area contributed by atoms with Gasteiger partial charge in [-0.1, -0.05) is 0 Å². The van der Waals surface area contributed by atoms with Gasteiger partial charge in [-0.05, 0) is 18.0 Å². The van der Waals surface area contributed by atoms with Gasteiger partial charge in [0.05, 0.1) is 5.75 Å². The summed E-state index contributed by atoms with van der Waals surface area (Å²) in [6.45, 7) is 0. The molecule has 0 bridgehead atoms. The Labute approximate surface area is 85.8 Å². The zero-order chi connectivity index (χ0) is 8.69. The maximum absolute atomic E-state index is 10.3. The second-order valence-electron chi connectivity index (χ2n) is 1.92. The zero-order valence-corrected chi connectivity index (χ0v) is 8.94. The van der Waals surface area contributed by atoms with Crippen molar-refractivity contribution < 1.29 is 4.79 Å². The van der Waals surface area contributed by atoms with Crippen LogP contribution < -0.4 is 0 Å². The maximum Gasteiger partial charge on any atom is 0.231 e. The van der Waals surface area contributed by atoms with E-state index in [1.165, 1.54) is 11.8 Å². The quantitative estimate of drug-likeness (QED) is 0.520. The average Bonchev–Trinajstić information content (AvgIpc) is 1.97. The largest absolute Gasteiger partial charge is 0.280 e. The van der Waals surface area contributed by atoms with Crippen LogP contribution in [-0.2, 0) is 4.79 Å². The molecule has 0 rings (SSSR count). The van der Waals surface area contributed by atoms with Crippen LogP contribution in [0.15, 0.2) is 0 Å². The number of hydrogen-bond acceptors (Lipinski definition) is 2. The Morgan fingerprint density at radius 2 is 2.09 bits per heavy atom. The molecule has 0 aliphatic rings. The molecule has 0 aliphatic carbocycles. The molecule has 0 aromatic heterocycles. The van der Waals surface area contributed by atoms with E-state index in [2.05, 4.69) is 0 Å². The number of alkyl halides is 2. The van der Waals surface area contributed by atoms with Crippen molar-refractivity contribution in [1.82, 2.24) is 0 Å². The lowest BCUT2D eigenvalue weighted by atomic mass is 10.4. The minimum atomic E-state index is -0.334. The van der Waals surface area contributed by atoms with Gasteiger partial charge in [0.1, 0.15) is 0 Å². The van der Waals surface area contributed by atoms with Crippen molar-refractivity contribution in [3.8, 4) is 0 Å². The Hall–Kier alpha value is 0.890. The van der Waals surface area contributed by atoms with Crippen LogP contribution >= 0.6 is 46.6 Å². The first-order valence-corrected chi connectivity index (χ1v) is 5.62. The number of carbonyl (C=O) groups excluding carboxylic acids is 1. The summed E-state index contributed by atoms with van der Waals surface area (Å²) in [6.07, 6.45) is 0.819. The maximum atomic E-state index is 10.3. The van der Waals surface area contributed by atoms with Crippen LogP contribution in [0, 0.1) is 0 Å². The third kappa shape index (κ3) is 7.26. The Balaban J connectivity index is 3.43. The highest BCUT2D eigenvalue weighted by molar-refractivity contribution is 8.00. The first-order chi connectivity index (χ1) is 5.20. The van der Waals surface area contributed by atoms with Crippen LogP contribution in [0.4, 0.5) is 0 Å². The van der Waals surface area contributed by atoms with E-state index in [-0.39, 0.29) is 10.5 Å². The van der Waals surface area contributed by atoms with Crippen LogP contribution in [0.5, 0.6) is 0 Å². The number of rotatable bonds is 6. The molecular weight excluding hydrogens is 226 g/mol. The van der Waals surface area contributed by atoms with Gasteiger partial charge in [0.2, 0.25) is 5.24 Å². The minimum Gasteiger partial charge on any atom is -0.280 e. The van der Waals surface area contributed by atoms with Crippen molar-refractivity contribution in [1.29, 1.82) is 0 Å². The molecule has 0 spiro atoms. The van der Waals surface area contributed by atoms with Crippen molar-refractivity contribution in [2.75, 3.05) is 17.5 Å². The van der Waals surface area contributed by atoms with Gasteiger partial charge in [0.25, 0.3) is 0 Å². The molecule has 0 radical (unpaired) electrons. The molecule has 1 nitrogen and oxygen atoms in total. The molecule has 0 fully saturated rings. The highest BCUT2D eigenvalue weighted by atomic mass is 35.5. The van der Waals surface area contributed by atoms with Crippen LogP contribution in [0.2, 0.25) is 0 Å². The zero-order valence-electron chi connectivity index (χ0n) is 5.86. The monoisotopic (exact) mass is 234 g/mol. The summed E-state index contributed by atoms with van der Waals surface area (Å²) in [5.41, 5.74) is 0. The summed E-state index contributed by atoms with van der Waals surface area (Å²) >= 11 is 17.7. The average molecular weight is 236 g/mol. The number of carbonyl (C=O) groups is 1. The van der Waals surface area contributed by atoms with Crippen molar-refractivity contribution in [3.63, 3.8) is 0 Å². The van der Waals surface area contributed by atoms with E-state index in [0.29, 0.717) is 17.5 Å². The predicted octanol–water partition coefficient (Wildman–Crippen LogP) is 2.72. The lowest BCUT2D eigenvalue weighted by Crippen LogP contribution is -2.08. The molecule has 11 heavy (non-hydrogen) atoms. The fourth-order valence-corrected chi connectivity index (χ4v) is 2.25. The van der Waals surface area contributed by atoms with Gasteiger partial charge in [-0.15, -0.1) is 35.0 Å². The van der Waals surface area contributed by atoms with E-state index in [4.69, 9.17) is 34.8 Å². The van der Waals surface area contributed by atoms with E-state index < -0.39 is 0 Å². The van der Waals surface area contributed by atoms with Crippen molar-refractivity contribution in [3.05, 3.63) is 0 Å².